The molecule has 2 rings (SSSR count). The van der Waals surface area contributed by atoms with Crippen LogP contribution in [0.2, 0.25) is 0 Å². The number of nitrogens with zero attached hydrogens (tertiary/aromatic N) is 2. The fourth-order valence-electron chi connectivity index (χ4n) is 2.78. The number of carbonyl (C=O) groups excluding carboxylic acids is 2. The van der Waals surface area contributed by atoms with Gasteiger partial charge in [0.25, 0.3) is 0 Å². The largest absolute Gasteiger partial charge is 0.573 e. The lowest BCUT2D eigenvalue weighted by Gasteiger charge is -2.34. The Labute approximate surface area is 156 Å². The van der Waals surface area contributed by atoms with Crippen molar-refractivity contribution in [1.29, 1.82) is 0 Å². The number of piperazine rings is 1. The summed E-state index contributed by atoms with van der Waals surface area (Å²) in [6.07, 6.45) is -4.22. The van der Waals surface area contributed by atoms with E-state index < -0.39 is 6.36 Å². The molecule has 0 bridgehead atoms. The van der Waals surface area contributed by atoms with Crippen LogP contribution in [0.5, 0.6) is 5.75 Å². The Morgan fingerprint density at radius 2 is 1.70 bits per heavy atom. The van der Waals surface area contributed by atoms with E-state index in [2.05, 4.69) is 10.1 Å². The van der Waals surface area contributed by atoms with E-state index in [9.17, 15) is 22.8 Å². The highest BCUT2D eigenvalue weighted by atomic mass is 19.4. The molecule has 1 aliphatic heterocycles. The lowest BCUT2D eigenvalue weighted by molar-refractivity contribution is -0.274. The third-order valence-corrected chi connectivity index (χ3v) is 4.05. The first-order valence-corrected chi connectivity index (χ1v) is 8.78. The van der Waals surface area contributed by atoms with Gasteiger partial charge in [-0.15, -0.1) is 13.2 Å². The first-order chi connectivity index (χ1) is 12.6. The highest BCUT2D eigenvalue weighted by Crippen LogP contribution is 2.23. The zero-order valence-corrected chi connectivity index (χ0v) is 15.4. The van der Waals surface area contributed by atoms with Gasteiger partial charge in [-0.1, -0.05) is 13.8 Å². The van der Waals surface area contributed by atoms with Crippen LogP contribution in [0.1, 0.15) is 20.3 Å². The van der Waals surface area contributed by atoms with Crippen molar-refractivity contribution in [3.63, 3.8) is 0 Å². The van der Waals surface area contributed by atoms with Gasteiger partial charge in [0, 0.05) is 38.3 Å². The molecule has 0 saturated carbocycles. The molecule has 1 fully saturated rings. The average Bonchev–Trinajstić information content (AvgIpc) is 2.55. The molecule has 2 amide bonds. The van der Waals surface area contributed by atoms with Crippen molar-refractivity contribution in [3.8, 4) is 5.75 Å². The molecule has 27 heavy (non-hydrogen) atoms. The number of benzene rings is 1. The molecule has 0 unspecified atom stereocenters. The van der Waals surface area contributed by atoms with Crippen LogP contribution in [-0.4, -0.2) is 60.7 Å². The summed E-state index contributed by atoms with van der Waals surface area (Å²) in [7, 11) is 0. The first-order valence-electron chi connectivity index (χ1n) is 8.78. The summed E-state index contributed by atoms with van der Waals surface area (Å²) < 4.78 is 40.2. The van der Waals surface area contributed by atoms with Crippen LogP contribution in [-0.2, 0) is 9.59 Å². The van der Waals surface area contributed by atoms with Gasteiger partial charge in [0.2, 0.25) is 11.8 Å². The Bertz CT molecular complexity index is 639. The van der Waals surface area contributed by atoms with Crippen molar-refractivity contribution in [1.82, 2.24) is 9.80 Å². The summed E-state index contributed by atoms with van der Waals surface area (Å²) in [6, 6.07) is 4.98. The summed E-state index contributed by atoms with van der Waals surface area (Å²) in [4.78, 5) is 27.9. The van der Waals surface area contributed by atoms with Crippen LogP contribution in [0.3, 0.4) is 0 Å². The van der Waals surface area contributed by atoms with E-state index in [-0.39, 0.29) is 24.1 Å². The van der Waals surface area contributed by atoms with E-state index in [1.54, 1.807) is 0 Å². The van der Waals surface area contributed by atoms with Gasteiger partial charge in [-0.2, -0.15) is 0 Å². The minimum Gasteiger partial charge on any atom is -0.406 e. The van der Waals surface area contributed by atoms with Crippen molar-refractivity contribution in [2.45, 2.75) is 26.6 Å². The van der Waals surface area contributed by atoms with Crippen molar-refractivity contribution in [2.75, 3.05) is 38.0 Å². The lowest BCUT2D eigenvalue weighted by Crippen LogP contribution is -2.50. The van der Waals surface area contributed by atoms with Gasteiger partial charge in [0.1, 0.15) is 5.75 Å². The molecule has 9 heteroatoms. The fraction of sp³-hybridized carbons (Fsp3) is 0.556. The molecular weight excluding hydrogens is 363 g/mol. The zero-order chi connectivity index (χ0) is 20.0. The lowest BCUT2D eigenvalue weighted by atomic mass is 10.1. The number of carbonyl (C=O) groups is 2. The summed E-state index contributed by atoms with van der Waals surface area (Å²) in [5, 5.41) is 2.64. The Hall–Kier alpha value is -2.29. The fourth-order valence-corrected chi connectivity index (χ4v) is 2.78. The summed E-state index contributed by atoms with van der Waals surface area (Å²) in [5.41, 5.74) is 0.389. The Balaban J connectivity index is 1.76. The normalized spacial score (nSPS) is 15.7. The van der Waals surface area contributed by atoms with Gasteiger partial charge in [-0.25, -0.2) is 0 Å². The van der Waals surface area contributed by atoms with Crippen LogP contribution in [0.15, 0.2) is 24.3 Å². The van der Waals surface area contributed by atoms with Crippen molar-refractivity contribution < 1.29 is 27.5 Å². The minimum atomic E-state index is -4.75. The molecule has 150 valence electrons. The van der Waals surface area contributed by atoms with Crippen molar-refractivity contribution in [3.05, 3.63) is 24.3 Å². The second-order valence-corrected chi connectivity index (χ2v) is 6.88. The molecule has 1 saturated heterocycles. The number of anilines is 1. The summed E-state index contributed by atoms with van der Waals surface area (Å²) >= 11 is 0. The number of hydrogen-bond acceptors (Lipinski definition) is 4. The van der Waals surface area contributed by atoms with Gasteiger partial charge in [0.15, 0.2) is 0 Å². The number of amides is 2. The highest BCUT2D eigenvalue weighted by molar-refractivity contribution is 5.92. The molecule has 1 heterocycles. The predicted octanol–water partition coefficient (Wildman–Crippen LogP) is 2.71. The standard InChI is InChI=1S/C18H24F3N3O3/c1-13(2)11-17(26)24-9-7-23(8-10-24)12-16(25)22-14-3-5-15(6-4-14)27-18(19,20)21/h3-6,13H,7-12H2,1-2H3,(H,22,25). The van der Waals surface area contributed by atoms with Crippen molar-refractivity contribution >= 4 is 17.5 Å². The molecule has 1 aromatic carbocycles. The maximum Gasteiger partial charge on any atom is 0.573 e. The van der Waals surface area contributed by atoms with Crippen molar-refractivity contribution in [2.24, 2.45) is 5.92 Å². The van der Waals surface area contributed by atoms with Crippen LogP contribution in [0.4, 0.5) is 18.9 Å². The van der Waals surface area contributed by atoms with E-state index in [0.29, 0.717) is 44.2 Å². The molecule has 0 aromatic heterocycles. The van der Waals surface area contributed by atoms with E-state index in [1.807, 2.05) is 23.6 Å². The second kappa shape index (κ2) is 9.07. The maximum absolute atomic E-state index is 12.1. The summed E-state index contributed by atoms with van der Waals surface area (Å²) in [5.74, 6) is -0.159. The molecule has 1 N–H and O–H groups in total. The molecule has 0 atom stereocenters. The number of halogens is 3. The van der Waals surface area contributed by atoms with Crippen LogP contribution in [0.25, 0.3) is 0 Å². The summed E-state index contributed by atoms with van der Waals surface area (Å²) in [6.45, 7) is 6.55. The van der Waals surface area contributed by atoms with E-state index in [0.717, 1.165) is 12.1 Å². The Morgan fingerprint density at radius 1 is 1.11 bits per heavy atom. The molecule has 1 aromatic rings. The molecule has 6 nitrogen and oxygen atoms in total. The Morgan fingerprint density at radius 3 is 2.22 bits per heavy atom. The molecule has 0 spiro atoms. The smallest absolute Gasteiger partial charge is 0.406 e. The highest BCUT2D eigenvalue weighted by Gasteiger charge is 2.31. The monoisotopic (exact) mass is 387 g/mol. The van der Waals surface area contributed by atoms with Crippen LogP contribution >= 0.6 is 0 Å². The van der Waals surface area contributed by atoms with Gasteiger partial charge in [0.05, 0.1) is 6.54 Å². The van der Waals surface area contributed by atoms with Crippen LogP contribution in [0, 0.1) is 5.92 Å². The molecule has 0 radical (unpaired) electrons. The minimum absolute atomic E-state index is 0.135. The number of nitrogens with one attached hydrogen (secondary N) is 1. The Kier molecular flexibility index (Phi) is 7.06. The van der Waals surface area contributed by atoms with E-state index in [4.69, 9.17) is 0 Å². The van der Waals surface area contributed by atoms with Gasteiger partial charge >= 0.3 is 6.36 Å². The second-order valence-electron chi connectivity index (χ2n) is 6.88. The number of hydrogen-bond donors (Lipinski definition) is 1. The number of rotatable bonds is 6. The van der Waals surface area contributed by atoms with E-state index >= 15 is 0 Å². The number of ether oxygens (including phenoxy) is 1. The van der Waals surface area contributed by atoms with Gasteiger partial charge < -0.3 is 15.0 Å². The molecule has 1 aliphatic rings. The van der Waals surface area contributed by atoms with Crippen LogP contribution < -0.4 is 10.1 Å². The third kappa shape index (κ3) is 7.46. The number of alkyl halides is 3. The molecular formula is C18H24F3N3O3. The zero-order valence-electron chi connectivity index (χ0n) is 15.4. The SMILES string of the molecule is CC(C)CC(=O)N1CCN(CC(=O)Nc2ccc(OC(F)(F)F)cc2)CC1. The average molecular weight is 387 g/mol. The first kappa shape index (κ1) is 21.0. The molecule has 0 aliphatic carbocycles. The van der Waals surface area contributed by atoms with Gasteiger partial charge in [-0.05, 0) is 30.2 Å². The third-order valence-electron chi connectivity index (χ3n) is 4.05. The van der Waals surface area contributed by atoms with E-state index in [1.165, 1.54) is 12.1 Å². The topological polar surface area (TPSA) is 61.9 Å². The maximum atomic E-state index is 12.1. The van der Waals surface area contributed by atoms with Gasteiger partial charge in [-0.3, -0.25) is 14.5 Å². The predicted molar refractivity (Wildman–Crippen MR) is 94.2 cm³/mol. The quantitative estimate of drug-likeness (QED) is 0.815.